The second kappa shape index (κ2) is 6.67. The van der Waals surface area contributed by atoms with Crippen LogP contribution in [0.15, 0.2) is 5.38 Å². The molecule has 0 bridgehead atoms. The van der Waals surface area contributed by atoms with Crippen LogP contribution in [0.1, 0.15) is 28.6 Å². The minimum absolute atomic E-state index is 0.000153. The van der Waals surface area contributed by atoms with Gasteiger partial charge in [0.05, 0.1) is 30.4 Å². The van der Waals surface area contributed by atoms with Crippen molar-refractivity contribution in [2.45, 2.75) is 38.9 Å². The number of anilines is 1. The molecule has 2 aliphatic rings. The summed E-state index contributed by atoms with van der Waals surface area (Å²) in [6.07, 6.45) is 2.17. The van der Waals surface area contributed by atoms with Crippen molar-refractivity contribution in [2.24, 2.45) is 5.92 Å². The quantitative estimate of drug-likeness (QED) is 0.733. The number of nitrogens with zero attached hydrogens (tertiary/aromatic N) is 4. The van der Waals surface area contributed by atoms with Crippen LogP contribution in [0.3, 0.4) is 0 Å². The average molecular weight is 367 g/mol. The first-order chi connectivity index (χ1) is 11.6. The summed E-state index contributed by atoms with van der Waals surface area (Å²) in [5.41, 5.74) is 1.04. The van der Waals surface area contributed by atoms with E-state index in [1.165, 1.54) is 0 Å². The van der Waals surface area contributed by atoms with Crippen molar-refractivity contribution in [1.29, 1.82) is 0 Å². The van der Waals surface area contributed by atoms with Crippen molar-refractivity contribution in [1.82, 2.24) is 15.2 Å². The molecule has 6 nitrogen and oxygen atoms in total. The van der Waals surface area contributed by atoms with Crippen LogP contribution in [0.4, 0.5) is 5.13 Å². The van der Waals surface area contributed by atoms with E-state index in [2.05, 4.69) is 25.5 Å². The third-order valence-electron chi connectivity index (χ3n) is 4.83. The number of rotatable bonds is 6. The molecule has 130 valence electrons. The first-order valence-corrected chi connectivity index (χ1v) is 10.0. The molecular formula is C16H22N4O2S2. The zero-order chi connectivity index (χ0) is 16.6. The van der Waals surface area contributed by atoms with Crippen molar-refractivity contribution in [3.8, 4) is 0 Å². The lowest BCUT2D eigenvalue weighted by atomic mass is 9.79. The van der Waals surface area contributed by atoms with Crippen LogP contribution >= 0.6 is 22.7 Å². The van der Waals surface area contributed by atoms with Gasteiger partial charge < -0.3 is 14.4 Å². The van der Waals surface area contributed by atoms with Crippen molar-refractivity contribution >= 4 is 27.8 Å². The molecule has 0 amide bonds. The van der Waals surface area contributed by atoms with Crippen LogP contribution in [0, 0.1) is 19.8 Å². The lowest BCUT2D eigenvalue weighted by molar-refractivity contribution is -0.0509. The third kappa shape index (κ3) is 3.20. The van der Waals surface area contributed by atoms with Gasteiger partial charge >= 0.3 is 0 Å². The summed E-state index contributed by atoms with van der Waals surface area (Å²) in [6.45, 7) is 8.11. The Morgan fingerprint density at radius 2 is 2.21 bits per heavy atom. The smallest absolute Gasteiger partial charge is 0.208 e. The van der Waals surface area contributed by atoms with Crippen LogP contribution in [0.2, 0.25) is 0 Å². The highest BCUT2D eigenvalue weighted by molar-refractivity contribution is 7.15. The number of thiazole rings is 1. The van der Waals surface area contributed by atoms with Crippen molar-refractivity contribution in [2.75, 3.05) is 31.2 Å². The van der Waals surface area contributed by atoms with Crippen LogP contribution in [0.5, 0.6) is 0 Å². The number of aromatic nitrogens is 3. The molecule has 4 heterocycles. The topological polar surface area (TPSA) is 60.4 Å². The van der Waals surface area contributed by atoms with Gasteiger partial charge in [0, 0.05) is 18.6 Å². The fourth-order valence-electron chi connectivity index (χ4n) is 3.57. The van der Waals surface area contributed by atoms with Gasteiger partial charge in [0.25, 0.3) is 0 Å². The van der Waals surface area contributed by atoms with E-state index in [1.807, 2.05) is 13.8 Å². The Hall–Kier alpha value is -1.09. The zero-order valence-corrected chi connectivity index (χ0v) is 15.7. The highest BCUT2D eigenvalue weighted by Gasteiger charge is 2.53. The normalized spacial score (nSPS) is 22.2. The molecule has 0 aliphatic carbocycles. The molecule has 1 spiro atoms. The highest BCUT2D eigenvalue weighted by Crippen LogP contribution is 2.43. The molecule has 2 aliphatic heterocycles. The molecule has 2 aromatic rings. The van der Waals surface area contributed by atoms with Gasteiger partial charge in [0.2, 0.25) is 5.13 Å². The van der Waals surface area contributed by atoms with Crippen LogP contribution in [-0.4, -0.2) is 47.1 Å². The molecule has 1 unspecified atom stereocenters. The summed E-state index contributed by atoms with van der Waals surface area (Å²) in [5.74, 6) is 0.569. The maximum atomic E-state index is 6.11. The van der Waals surface area contributed by atoms with E-state index < -0.39 is 0 Å². The Balaban J connectivity index is 1.25. The van der Waals surface area contributed by atoms with Gasteiger partial charge in [-0.2, -0.15) is 0 Å². The van der Waals surface area contributed by atoms with Gasteiger partial charge in [-0.05, 0) is 32.6 Å². The van der Waals surface area contributed by atoms with Gasteiger partial charge in [0.1, 0.15) is 10.6 Å². The van der Waals surface area contributed by atoms with E-state index in [0.29, 0.717) is 12.5 Å². The Kier molecular flexibility index (Phi) is 4.55. The summed E-state index contributed by atoms with van der Waals surface area (Å²) < 4.78 is 11.9. The van der Waals surface area contributed by atoms with Crippen molar-refractivity contribution in [3.63, 3.8) is 0 Å². The number of aryl methyl sites for hydroxylation is 2. The van der Waals surface area contributed by atoms with Crippen molar-refractivity contribution < 1.29 is 9.47 Å². The van der Waals surface area contributed by atoms with E-state index in [0.717, 1.165) is 60.0 Å². The lowest BCUT2D eigenvalue weighted by Crippen LogP contribution is -2.65. The monoisotopic (exact) mass is 366 g/mol. The zero-order valence-electron chi connectivity index (χ0n) is 14.0. The summed E-state index contributed by atoms with van der Waals surface area (Å²) in [5, 5.41) is 13.5. The Morgan fingerprint density at radius 3 is 2.92 bits per heavy atom. The largest absolute Gasteiger partial charge is 0.375 e. The van der Waals surface area contributed by atoms with E-state index in [1.54, 1.807) is 22.7 Å². The minimum atomic E-state index is 0.000153. The SMILES string of the molecule is Cc1nc(COCCC2CCOC23CN(c2nnc(C)s2)C3)cs1. The minimum Gasteiger partial charge on any atom is -0.375 e. The van der Waals surface area contributed by atoms with Crippen molar-refractivity contribution in [3.05, 3.63) is 21.1 Å². The maximum Gasteiger partial charge on any atom is 0.208 e. The first-order valence-electron chi connectivity index (χ1n) is 8.32. The summed E-state index contributed by atoms with van der Waals surface area (Å²) >= 11 is 3.33. The molecule has 0 radical (unpaired) electrons. The molecule has 2 saturated heterocycles. The highest BCUT2D eigenvalue weighted by atomic mass is 32.1. The second-order valence-electron chi connectivity index (χ2n) is 6.56. The standard InChI is InChI=1S/C16H22N4O2S2/c1-11-17-14(8-23-11)7-21-5-3-13-4-6-22-16(13)9-20(10-16)15-19-18-12(2)24-15/h8,13H,3-7,9-10H2,1-2H3. The van der Waals surface area contributed by atoms with E-state index >= 15 is 0 Å². The Labute approximate surface area is 149 Å². The fourth-order valence-corrected chi connectivity index (χ4v) is 4.85. The predicted molar refractivity (Wildman–Crippen MR) is 94.8 cm³/mol. The van der Waals surface area contributed by atoms with Crippen LogP contribution in [-0.2, 0) is 16.1 Å². The Morgan fingerprint density at radius 1 is 1.33 bits per heavy atom. The van der Waals surface area contributed by atoms with Gasteiger partial charge in [0.15, 0.2) is 0 Å². The average Bonchev–Trinajstić information content (AvgIpc) is 3.22. The van der Waals surface area contributed by atoms with E-state index in [-0.39, 0.29) is 5.60 Å². The summed E-state index contributed by atoms with van der Waals surface area (Å²) in [4.78, 5) is 6.71. The Bertz CT molecular complexity index is 696. The fraction of sp³-hybridized carbons (Fsp3) is 0.688. The molecule has 4 rings (SSSR count). The molecule has 24 heavy (non-hydrogen) atoms. The molecular weight excluding hydrogens is 344 g/mol. The third-order valence-corrected chi connectivity index (χ3v) is 6.55. The molecule has 1 atom stereocenters. The van der Waals surface area contributed by atoms with Crippen LogP contribution < -0.4 is 4.90 Å². The molecule has 0 aromatic carbocycles. The lowest BCUT2D eigenvalue weighted by Gasteiger charge is -2.50. The van der Waals surface area contributed by atoms with Crippen LogP contribution in [0.25, 0.3) is 0 Å². The number of hydrogen-bond donors (Lipinski definition) is 0. The van der Waals surface area contributed by atoms with Gasteiger partial charge in [-0.1, -0.05) is 11.3 Å². The van der Waals surface area contributed by atoms with Gasteiger partial charge in [-0.25, -0.2) is 4.98 Å². The molecule has 0 saturated carbocycles. The number of hydrogen-bond acceptors (Lipinski definition) is 8. The summed E-state index contributed by atoms with van der Waals surface area (Å²) in [7, 11) is 0. The van der Waals surface area contributed by atoms with Gasteiger partial charge in [-0.3, -0.25) is 0 Å². The molecule has 2 aromatic heterocycles. The van der Waals surface area contributed by atoms with E-state index in [9.17, 15) is 0 Å². The number of ether oxygens (including phenoxy) is 2. The molecule has 0 N–H and O–H groups in total. The van der Waals surface area contributed by atoms with Gasteiger partial charge in [-0.15, -0.1) is 21.5 Å². The predicted octanol–water partition coefficient (Wildman–Crippen LogP) is 2.81. The van der Waals surface area contributed by atoms with E-state index in [4.69, 9.17) is 9.47 Å². The molecule has 8 heteroatoms. The summed E-state index contributed by atoms with van der Waals surface area (Å²) in [6, 6.07) is 0. The second-order valence-corrected chi connectivity index (χ2v) is 8.78. The maximum absolute atomic E-state index is 6.11. The molecule has 2 fully saturated rings. The first kappa shape index (κ1) is 16.4.